The summed E-state index contributed by atoms with van der Waals surface area (Å²) in [6, 6.07) is -0.00814. The predicted octanol–water partition coefficient (Wildman–Crippen LogP) is 0.261. The smallest absolute Gasteiger partial charge is 0.323 e. The molecule has 0 amide bonds. The van der Waals surface area contributed by atoms with Crippen LogP contribution in [0.5, 0.6) is 0 Å². The van der Waals surface area contributed by atoms with Crippen LogP contribution in [0.3, 0.4) is 0 Å². The first-order valence-electron chi connectivity index (χ1n) is 7.43. The molecule has 5 nitrogen and oxygen atoms in total. The highest BCUT2D eigenvalue weighted by Gasteiger charge is 2.29. The van der Waals surface area contributed by atoms with E-state index in [2.05, 4.69) is 21.7 Å². The predicted molar refractivity (Wildman–Crippen MR) is 75.2 cm³/mol. The van der Waals surface area contributed by atoms with Crippen LogP contribution in [-0.2, 0) is 9.53 Å². The molecule has 2 aliphatic heterocycles. The number of hydrogen-bond acceptors (Lipinski definition) is 5. The summed E-state index contributed by atoms with van der Waals surface area (Å²) in [7, 11) is 3.67. The van der Waals surface area contributed by atoms with E-state index in [1.165, 1.54) is 13.5 Å². The van der Waals surface area contributed by atoms with Crippen molar-refractivity contribution in [1.29, 1.82) is 0 Å². The molecule has 0 N–H and O–H groups in total. The molecule has 0 aliphatic carbocycles. The molecule has 5 heteroatoms. The van der Waals surface area contributed by atoms with E-state index in [-0.39, 0.29) is 12.0 Å². The Balaban J connectivity index is 1.78. The van der Waals surface area contributed by atoms with Gasteiger partial charge in [-0.05, 0) is 26.4 Å². The Morgan fingerprint density at radius 1 is 1.11 bits per heavy atom. The van der Waals surface area contributed by atoms with Crippen molar-refractivity contribution in [1.82, 2.24) is 14.7 Å². The molecule has 2 aliphatic rings. The number of esters is 1. The summed E-state index contributed by atoms with van der Waals surface area (Å²) in [4.78, 5) is 19.0. The van der Waals surface area contributed by atoms with E-state index < -0.39 is 0 Å². The van der Waals surface area contributed by atoms with Gasteiger partial charge in [-0.15, -0.1) is 0 Å². The van der Waals surface area contributed by atoms with Crippen molar-refractivity contribution in [2.24, 2.45) is 0 Å². The van der Waals surface area contributed by atoms with Gasteiger partial charge in [0.15, 0.2) is 0 Å². The molecule has 2 saturated heterocycles. The number of likely N-dealkylation sites (N-methyl/N-ethyl adjacent to an activating group) is 1. The van der Waals surface area contributed by atoms with E-state index in [0.29, 0.717) is 0 Å². The number of piperidine rings is 1. The van der Waals surface area contributed by atoms with Crippen molar-refractivity contribution in [3.05, 3.63) is 0 Å². The second kappa shape index (κ2) is 7.22. The molecule has 0 spiro atoms. The molecule has 110 valence electrons. The summed E-state index contributed by atoms with van der Waals surface area (Å²) in [5, 5.41) is 0. The Morgan fingerprint density at radius 2 is 1.84 bits per heavy atom. The van der Waals surface area contributed by atoms with Crippen molar-refractivity contribution in [2.45, 2.75) is 25.3 Å². The third kappa shape index (κ3) is 4.16. The molecular weight excluding hydrogens is 242 g/mol. The van der Waals surface area contributed by atoms with E-state index in [9.17, 15) is 4.79 Å². The molecule has 2 fully saturated rings. The highest BCUT2D eigenvalue weighted by Crippen LogP contribution is 2.18. The van der Waals surface area contributed by atoms with E-state index >= 15 is 0 Å². The lowest BCUT2D eigenvalue weighted by Gasteiger charge is -2.37. The highest BCUT2D eigenvalue weighted by molar-refractivity contribution is 5.75. The maximum Gasteiger partial charge on any atom is 0.323 e. The quantitative estimate of drug-likeness (QED) is 0.684. The summed E-state index contributed by atoms with van der Waals surface area (Å²) >= 11 is 0. The molecule has 2 heterocycles. The van der Waals surface area contributed by atoms with Gasteiger partial charge >= 0.3 is 5.97 Å². The van der Waals surface area contributed by atoms with E-state index in [1.807, 2.05) is 0 Å². The number of carbonyl (C=O) groups excluding carboxylic acids is 1. The summed E-state index contributed by atoms with van der Waals surface area (Å²) in [6.45, 7) is 7.69. The fourth-order valence-electron chi connectivity index (χ4n) is 3.00. The fraction of sp³-hybridized carbons (Fsp3) is 0.929. The SMILES string of the molecule is COC(=O)[C@H]1CCCCN1CCN1CCN(C)CC1. The first-order valence-corrected chi connectivity index (χ1v) is 7.43. The molecule has 2 rings (SSSR count). The van der Waals surface area contributed by atoms with E-state index in [4.69, 9.17) is 4.74 Å². The maximum atomic E-state index is 11.8. The average Bonchev–Trinajstić information content (AvgIpc) is 2.46. The van der Waals surface area contributed by atoms with Gasteiger partial charge in [0.05, 0.1) is 7.11 Å². The third-order valence-corrected chi connectivity index (χ3v) is 4.39. The Morgan fingerprint density at radius 3 is 2.53 bits per heavy atom. The molecule has 1 atom stereocenters. The lowest BCUT2D eigenvalue weighted by molar-refractivity contribution is -0.148. The molecule has 0 unspecified atom stereocenters. The van der Waals surface area contributed by atoms with Crippen LogP contribution in [0.2, 0.25) is 0 Å². The zero-order chi connectivity index (χ0) is 13.7. The number of carbonyl (C=O) groups is 1. The molecule has 0 aromatic carbocycles. The first kappa shape index (κ1) is 14.8. The van der Waals surface area contributed by atoms with Crippen LogP contribution in [0.4, 0.5) is 0 Å². The van der Waals surface area contributed by atoms with Crippen molar-refractivity contribution < 1.29 is 9.53 Å². The number of piperazine rings is 1. The third-order valence-electron chi connectivity index (χ3n) is 4.39. The summed E-state index contributed by atoms with van der Waals surface area (Å²) < 4.78 is 4.92. The molecule has 0 aromatic rings. The minimum atomic E-state index is -0.0573. The number of likely N-dealkylation sites (tertiary alicyclic amines) is 1. The molecule has 0 aromatic heterocycles. The van der Waals surface area contributed by atoms with Crippen molar-refractivity contribution in [2.75, 3.05) is 60.0 Å². The Labute approximate surface area is 116 Å². The standard InChI is InChI=1S/C14H27N3O2/c1-15-7-9-16(10-8-15)11-12-17-6-4-3-5-13(17)14(18)19-2/h13H,3-12H2,1-2H3/t13-/m1/s1. The number of hydrogen-bond donors (Lipinski definition) is 0. The van der Waals surface area contributed by atoms with Gasteiger partial charge in [-0.3, -0.25) is 14.6 Å². The van der Waals surface area contributed by atoms with Gasteiger partial charge in [-0.25, -0.2) is 0 Å². The lowest BCUT2D eigenvalue weighted by atomic mass is 10.0. The second-order valence-electron chi connectivity index (χ2n) is 5.72. The van der Waals surface area contributed by atoms with Gasteiger partial charge in [0, 0.05) is 39.3 Å². The van der Waals surface area contributed by atoms with Crippen LogP contribution in [0.1, 0.15) is 19.3 Å². The molecule has 0 saturated carbocycles. The van der Waals surface area contributed by atoms with Crippen LogP contribution in [0.25, 0.3) is 0 Å². The van der Waals surface area contributed by atoms with Crippen LogP contribution in [-0.4, -0.2) is 86.7 Å². The maximum absolute atomic E-state index is 11.8. The molecule has 19 heavy (non-hydrogen) atoms. The molecular formula is C14H27N3O2. The Bertz CT molecular complexity index is 290. The zero-order valence-corrected chi connectivity index (χ0v) is 12.3. The van der Waals surface area contributed by atoms with E-state index in [1.54, 1.807) is 0 Å². The normalized spacial score (nSPS) is 27.4. The van der Waals surface area contributed by atoms with Gasteiger partial charge in [-0.1, -0.05) is 6.42 Å². The van der Waals surface area contributed by atoms with Gasteiger partial charge in [-0.2, -0.15) is 0 Å². The van der Waals surface area contributed by atoms with Crippen molar-refractivity contribution >= 4 is 5.97 Å². The number of ether oxygens (including phenoxy) is 1. The summed E-state index contributed by atoms with van der Waals surface area (Å²) in [6.07, 6.45) is 3.30. The van der Waals surface area contributed by atoms with Crippen LogP contribution >= 0.6 is 0 Å². The van der Waals surface area contributed by atoms with E-state index in [0.717, 1.165) is 58.7 Å². The van der Waals surface area contributed by atoms with Crippen molar-refractivity contribution in [3.8, 4) is 0 Å². The topological polar surface area (TPSA) is 36.0 Å². The van der Waals surface area contributed by atoms with Gasteiger partial charge in [0.1, 0.15) is 6.04 Å². The van der Waals surface area contributed by atoms with Crippen LogP contribution in [0, 0.1) is 0 Å². The summed E-state index contributed by atoms with van der Waals surface area (Å²) in [5.41, 5.74) is 0. The first-order chi connectivity index (χ1) is 9.20. The van der Waals surface area contributed by atoms with Crippen LogP contribution in [0.15, 0.2) is 0 Å². The highest BCUT2D eigenvalue weighted by atomic mass is 16.5. The Kier molecular flexibility index (Phi) is 5.60. The summed E-state index contributed by atoms with van der Waals surface area (Å²) in [5.74, 6) is -0.0573. The van der Waals surface area contributed by atoms with Gasteiger partial charge in [0.2, 0.25) is 0 Å². The van der Waals surface area contributed by atoms with Gasteiger partial charge in [0.25, 0.3) is 0 Å². The Hall–Kier alpha value is -0.650. The largest absolute Gasteiger partial charge is 0.468 e. The van der Waals surface area contributed by atoms with Crippen LogP contribution < -0.4 is 0 Å². The monoisotopic (exact) mass is 269 g/mol. The minimum absolute atomic E-state index is 0.00814. The van der Waals surface area contributed by atoms with Gasteiger partial charge < -0.3 is 9.64 Å². The fourth-order valence-corrected chi connectivity index (χ4v) is 3.00. The molecule has 0 bridgehead atoms. The number of nitrogens with zero attached hydrogens (tertiary/aromatic N) is 3. The number of methoxy groups -OCH3 is 1. The molecule has 0 radical (unpaired) electrons. The van der Waals surface area contributed by atoms with Crippen molar-refractivity contribution in [3.63, 3.8) is 0 Å². The minimum Gasteiger partial charge on any atom is -0.468 e. The average molecular weight is 269 g/mol. The second-order valence-corrected chi connectivity index (χ2v) is 5.72. The number of rotatable bonds is 4. The lowest BCUT2D eigenvalue weighted by Crippen LogP contribution is -2.51. The zero-order valence-electron chi connectivity index (χ0n) is 12.3.